The second kappa shape index (κ2) is 6.66. The Hall–Kier alpha value is -2.21. The molecular weight excluding hydrogens is 452 g/mol. The van der Waals surface area contributed by atoms with Crippen LogP contribution in [0.15, 0.2) is 76.3 Å². The fraction of sp³-hybridized carbons (Fsp3) is 0.217. The molecule has 2 aliphatic rings. The van der Waals surface area contributed by atoms with E-state index in [0.29, 0.717) is 28.6 Å². The van der Waals surface area contributed by atoms with Crippen molar-refractivity contribution in [3.63, 3.8) is 0 Å². The largest absolute Gasteiger partial charge is 0.476 e. The van der Waals surface area contributed by atoms with E-state index < -0.39 is 11.2 Å². The number of halogens is 2. The summed E-state index contributed by atoms with van der Waals surface area (Å²) in [5, 5.41) is 12.7. The molecule has 1 aliphatic carbocycles. The van der Waals surface area contributed by atoms with E-state index in [2.05, 4.69) is 38.0 Å². The predicted molar refractivity (Wildman–Crippen MR) is 117 cm³/mol. The van der Waals surface area contributed by atoms with Crippen molar-refractivity contribution in [3.05, 3.63) is 93.2 Å². The molecule has 1 N–H and O–H groups in total. The van der Waals surface area contributed by atoms with Crippen molar-refractivity contribution in [2.75, 3.05) is 7.05 Å². The molecule has 3 aromatic rings. The molecule has 29 heavy (non-hydrogen) atoms. The molecule has 5 rings (SSSR count). The number of aromatic nitrogens is 1. The van der Waals surface area contributed by atoms with Crippen molar-refractivity contribution in [2.45, 2.75) is 23.5 Å². The van der Waals surface area contributed by atoms with Gasteiger partial charge >= 0.3 is 0 Å². The Bertz CT molecular complexity index is 1120. The Morgan fingerprint density at radius 1 is 1.17 bits per heavy atom. The number of fused-ring (bicyclic) bond motifs is 3. The fourth-order valence-electron chi connectivity index (χ4n) is 4.81. The molecule has 0 amide bonds. The topological polar surface area (TPSA) is 54.7 Å². The van der Waals surface area contributed by atoms with Gasteiger partial charge in [0.05, 0.1) is 10.7 Å². The Morgan fingerprint density at radius 2 is 1.90 bits per heavy atom. The Labute approximate surface area is 182 Å². The van der Waals surface area contributed by atoms with Crippen molar-refractivity contribution in [2.24, 2.45) is 4.99 Å². The van der Waals surface area contributed by atoms with Crippen molar-refractivity contribution in [1.82, 2.24) is 4.98 Å². The number of ether oxygens (including phenoxy) is 1. The summed E-state index contributed by atoms with van der Waals surface area (Å²) in [4.78, 5) is 8.98. The molecule has 3 unspecified atom stereocenters. The SMILES string of the molecule is C/N=C1\CC(c2ccccc2)C2(c3ccc(Br)cc3)Oc3cc(Cl)cnc3C12O. The van der Waals surface area contributed by atoms with Crippen LogP contribution in [-0.2, 0) is 11.2 Å². The predicted octanol–water partition coefficient (Wildman–Crippen LogP) is 5.23. The Morgan fingerprint density at radius 3 is 2.59 bits per heavy atom. The average Bonchev–Trinajstić information content (AvgIpc) is 3.13. The minimum Gasteiger partial charge on any atom is -0.476 e. The standard InChI is InChI=1S/C23H18BrClN2O2/c1-26-20-12-18(14-5-3-2-4-6-14)23(15-7-9-16(24)10-8-15)22(20,28)21-19(29-23)11-17(25)13-27-21/h2-11,13,18,28H,12H2,1H3/b26-20+. The van der Waals surface area contributed by atoms with E-state index in [1.807, 2.05) is 42.5 Å². The molecule has 0 saturated heterocycles. The number of aliphatic hydroxyl groups is 1. The maximum absolute atomic E-state index is 12.3. The van der Waals surface area contributed by atoms with Crippen molar-refractivity contribution in [3.8, 4) is 5.75 Å². The van der Waals surface area contributed by atoms with E-state index in [9.17, 15) is 5.11 Å². The third kappa shape index (κ3) is 2.48. The number of aliphatic imine (C=N–C) groups is 1. The first-order valence-corrected chi connectivity index (χ1v) is 10.5. The van der Waals surface area contributed by atoms with Crippen molar-refractivity contribution >= 4 is 33.2 Å². The lowest BCUT2D eigenvalue weighted by atomic mass is 9.72. The van der Waals surface area contributed by atoms with Gasteiger partial charge in [0.2, 0.25) is 0 Å². The van der Waals surface area contributed by atoms with Gasteiger partial charge in [0.25, 0.3) is 0 Å². The molecule has 1 saturated carbocycles. The molecule has 0 spiro atoms. The second-order valence-electron chi connectivity index (χ2n) is 7.39. The molecular formula is C23H18BrClN2O2. The highest BCUT2D eigenvalue weighted by molar-refractivity contribution is 9.10. The summed E-state index contributed by atoms with van der Waals surface area (Å²) in [6, 6.07) is 19.7. The summed E-state index contributed by atoms with van der Waals surface area (Å²) in [7, 11) is 1.71. The summed E-state index contributed by atoms with van der Waals surface area (Å²) in [5.41, 5.74) is 0.475. The van der Waals surface area contributed by atoms with Crippen molar-refractivity contribution in [1.29, 1.82) is 0 Å². The lowest BCUT2D eigenvalue weighted by Crippen LogP contribution is -2.51. The molecule has 1 fully saturated rings. The highest BCUT2D eigenvalue weighted by Gasteiger charge is 2.72. The number of rotatable bonds is 2. The minimum absolute atomic E-state index is 0.151. The van der Waals surface area contributed by atoms with Gasteiger partial charge in [-0.3, -0.25) is 9.98 Å². The van der Waals surface area contributed by atoms with E-state index in [4.69, 9.17) is 16.3 Å². The highest BCUT2D eigenvalue weighted by atomic mass is 79.9. The summed E-state index contributed by atoms with van der Waals surface area (Å²) in [6.45, 7) is 0. The van der Waals surface area contributed by atoms with Gasteiger partial charge in [-0.1, -0.05) is 70.0 Å². The van der Waals surface area contributed by atoms with Gasteiger partial charge in [0.1, 0.15) is 11.4 Å². The normalized spacial score (nSPS) is 28.8. The zero-order valence-corrected chi connectivity index (χ0v) is 18.0. The van der Waals surface area contributed by atoms with Gasteiger partial charge in [-0.25, -0.2) is 0 Å². The van der Waals surface area contributed by atoms with Crippen LogP contribution in [0.5, 0.6) is 5.75 Å². The van der Waals surface area contributed by atoms with Crippen LogP contribution in [0.1, 0.15) is 29.2 Å². The molecule has 146 valence electrons. The van der Waals surface area contributed by atoms with Crippen LogP contribution >= 0.6 is 27.5 Å². The van der Waals surface area contributed by atoms with Gasteiger partial charge in [-0.05, 0) is 29.7 Å². The van der Waals surface area contributed by atoms with Crippen LogP contribution in [0.3, 0.4) is 0 Å². The van der Waals surface area contributed by atoms with E-state index in [1.54, 1.807) is 19.3 Å². The third-order valence-electron chi connectivity index (χ3n) is 6.02. The smallest absolute Gasteiger partial charge is 0.192 e. The number of hydrogen-bond acceptors (Lipinski definition) is 4. The van der Waals surface area contributed by atoms with E-state index in [1.165, 1.54) is 0 Å². The number of hydrogen-bond donors (Lipinski definition) is 1. The molecule has 0 radical (unpaired) electrons. The second-order valence-corrected chi connectivity index (χ2v) is 8.75. The molecule has 2 aromatic carbocycles. The fourth-order valence-corrected chi connectivity index (χ4v) is 5.22. The van der Waals surface area contributed by atoms with Gasteiger partial charge in [0.15, 0.2) is 11.2 Å². The molecule has 1 aliphatic heterocycles. The molecule has 3 atom stereocenters. The van der Waals surface area contributed by atoms with E-state index in [-0.39, 0.29) is 5.92 Å². The molecule has 0 bridgehead atoms. The van der Waals surface area contributed by atoms with Crippen LogP contribution < -0.4 is 4.74 Å². The zero-order chi connectivity index (χ0) is 20.2. The number of pyridine rings is 1. The van der Waals surface area contributed by atoms with Crippen LogP contribution in [-0.4, -0.2) is 22.8 Å². The maximum Gasteiger partial charge on any atom is 0.192 e. The Balaban J connectivity index is 1.84. The van der Waals surface area contributed by atoms with E-state index >= 15 is 0 Å². The first kappa shape index (κ1) is 18.8. The molecule has 2 heterocycles. The summed E-state index contributed by atoms with van der Waals surface area (Å²) in [6.07, 6.45) is 2.11. The highest BCUT2D eigenvalue weighted by Crippen LogP contribution is 2.65. The van der Waals surface area contributed by atoms with Crippen LogP contribution in [0.25, 0.3) is 0 Å². The lowest BCUT2D eigenvalue weighted by molar-refractivity contribution is -0.0753. The Kier molecular flexibility index (Phi) is 4.32. The van der Waals surface area contributed by atoms with Crippen LogP contribution in [0, 0.1) is 0 Å². The quantitative estimate of drug-likeness (QED) is 0.559. The molecule has 1 aromatic heterocycles. The van der Waals surface area contributed by atoms with Gasteiger partial charge < -0.3 is 9.84 Å². The van der Waals surface area contributed by atoms with E-state index in [0.717, 1.165) is 15.6 Å². The summed E-state index contributed by atoms with van der Waals surface area (Å²) < 4.78 is 7.59. The first-order valence-electron chi connectivity index (χ1n) is 9.35. The van der Waals surface area contributed by atoms with Crippen LogP contribution in [0.4, 0.5) is 0 Å². The molecule has 4 nitrogen and oxygen atoms in total. The monoisotopic (exact) mass is 468 g/mol. The third-order valence-corrected chi connectivity index (χ3v) is 6.76. The lowest BCUT2D eigenvalue weighted by Gasteiger charge is -2.39. The maximum atomic E-state index is 12.3. The minimum atomic E-state index is -1.49. The van der Waals surface area contributed by atoms with Crippen molar-refractivity contribution < 1.29 is 9.84 Å². The van der Waals surface area contributed by atoms with Crippen LogP contribution in [0.2, 0.25) is 5.02 Å². The average molecular weight is 470 g/mol. The summed E-state index contributed by atoms with van der Waals surface area (Å²) >= 11 is 9.70. The molecule has 6 heteroatoms. The van der Waals surface area contributed by atoms with Gasteiger partial charge in [0, 0.05) is 29.7 Å². The first-order chi connectivity index (χ1) is 14.0. The summed E-state index contributed by atoms with van der Waals surface area (Å²) in [5.74, 6) is 0.339. The van der Waals surface area contributed by atoms with Gasteiger partial charge in [-0.15, -0.1) is 0 Å². The number of benzene rings is 2. The zero-order valence-electron chi connectivity index (χ0n) is 15.6. The van der Waals surface area contributed by atoms with Gasteiger partial charge in [-0.2, -0.15) is 0 Å². The number of nitrogens with zero attached hydrogens (tertiary/aromatic N) is 2.